The summed E-state index contributed by atoms with van der Waals surface area (Å²) in [5.41, 5.74) is 7.45. The molecule has 1 aliphatic carbocycles. The summed E-state index contributed by atoms with van der Waals surface area (Å²) in [4.78, 5) is 0. The fourth-order valence-corrected chi connectivity index (χ4v) is 2.37. The zero-order chi connectivity index (χ0) is 13.0. The van der Waals surface area contributed by atoms with Crippen molar-refractivity contribution in [1.82, 2.24) is 0 Å². The quantitative estimate of drug-likeness (QED) is 0.808. The Morgan fingerprint density at radius 2 is 1.94 bits per heavy atom. The van der Waals surface area contributed by atoms with Crippen molar-refractivity contribution in [2.75, 3.05) is 13.2 Å². The Morgan fingerprint density at radius 1 is 1.22 bits per heavy atom. The number of nitrogens with two attached hydrogens (primary N) is 1. The van der Waals surface area contributed by atoms with E-state index in [2.05, 4.69) is 0 Å². The number of ether oxygens (including phenoxy) is 2. The van der Waals surface area contributed by atoms with E-state index in [1.807, 2.05) is 38.1 Å². The van der Waals surface area contributed by atoms with Gasteiger partial charge in [0.2, 0.25) is 0 Å². The summed E-state index contributed by atoms with van der Waals surface area (Å²) < 4.78 is 11.5. The summed E-state index contributed by atoms with van der Waals surface area (Å²) in [5.74, 6) is 1.51. The van der Waals surface area contributed by atoms with E-state index >= 15 is 0 Å². The molecule has 1 aliphatic rings. The van der Waals surface area contributed by atoms with Crippen molar-refractivity contribution in [3.63, 3.8) is 0 Å². The van der Waals surface area contributed by atoms with Gasteiger partial charge in [0.15, 0.2) is 0 Å². The minimum atomic E-state index is -0.0970. The third-order valence-electron chi connectivity index (χ3n) is 3.38. The van der Waals surface area contributed by atoms with Crippen molar-refractivity contribution in [2.45, 2.75) is 38.8 Å². The normalized spacial score (nSPS) is 18.4. The van der Waals surface area contributed by atoms with Crippen LogP contribution in [0.3, 0.4) is 0 Å². The first-order valence-corrected chi connectivity index (χ1v) is 6.86. The van der Waals surface area contributed by atoms with E-state index < -0.39 is 0 Å². The van der Waals surface area contributed by atoms with Gasteiger partial charge in [0.1, 0.15) is 5.75 Å². The highest BCUT2D eigenvalue weighted by Gasteiger charge is 2.37. The second-order valence-corrected chi connectivity index (χ2v) is 4.75. The van der Waals surface area contributed by atoms with Crippen molar-refractivity contribution in [2.24, 2.45) is 11.7 Å². The van der Waals surface area contributed by atoms with E-state index in [0.29, 0.717) is 19.1 Å². The first-order chi connectivity index (χ1) is 8.77. The van der Waals surface area contributed by atoms with Crippen molar-refractivity contribution in [3.05, 3.63) is 29.8 Å². The molecule has 2 atom stereocenters. The molecule has 0 heterocycles. The van der Waals surface area contributed by atoms with Crippen LogP contribution in [0.1, 0.15) is 38.3 Å². The summed E-state index contributed by atoms with van der Waals surface area (Å²) in [6.45, 7) is 5.39. The molecule has 1 saturated carbocycles. The van der Waals surface area contributed by atoms with Gasteiger partial charge in [0, 0.05) is 12.2 Å². The molecule has 1 fully saturated rings. The zero-order valence-electron chi connectivity index (χ0n) is 11.3. The number of para-hydroxylation sites is 1. The number of hydrogen-bond acceptors (Lipinski definition) is 3. The van der Waals surface area contributed by atoms with Crippen LogP contribution >= 0.6 is 0 Å². The smallest absolute Gasteiger partial charge is 0.124 e. The summed E-state index contributed by atoms with van der Waals surface area (Å²) >= 11 is 0. The van der Waals surface area contributed by atoms with Crippen LogP contribution in [0, 0.1) is 5.92 Å². The fraction of sp³-hybridized carbons (Fsp3) is 0.600. The van der Waals surface area contributed by atoms with E-state index in [-0.39, 0.29) is 12.1 Å². The predicted molar refractivity (Wildman–Crippen MR) is 72.7 cm³/mol. The Bertz CT molecular complexity index is 377. The largest absolute Gasteiger partial charge is 0.494 e. The van der Waals surface area contributed by atoms with E-state index in [0.717, 1.165) is 11.3 Å². The molecule has 0 amide bonds. The Kier molecular flexibility index (Phi) is 4.61. The summed E-state index contributed by atoms with van der Waals surface area (Å²) in [6.07, 6.45) is 2.58. The Balaban J connectivity index is 2.17. The molecule has 100 valence electrons. The summed E-state index contributed by atoms with van der Waals surface area (Å²) in [5, 5.41) is 0. The van der Waals surface area contributed by atoms with Crippen LogP contribution in [0.25, 0.3) is 0 Å². The minimum Gasteiger partial charge on any atom is -0.494 e. The van der Waals surface area contributed by atoms with E-state index in [9.17, 15) is 0 Å². The molecule has 3 heteroatoms. The zero-order valence-corrected chi connectivity index (χ0v) is 11.3. The number of rotatable bonds is 7. The lowest BCUT2D eigenvalue weighted by molar-refractivity contribution is 0.0277. The number of benzene rings is 1. The molecule has 0 saturated heterocycles. The summed E-state index contributed by atoms with van der Waals surface area (Å²) in [7, 11) is 0. The average Bonchev–Trinajstić information content (AvgIpc) is 3.20. The van der Waals surface area contributed by atoms with Crippen LogP contribution in [0.4, 0.5) is 0 Å². The highest BCUT2D eigenvalue weighted by atomic mass is 16.5. The minimum absolute atomic E-state index is 0.0970. The molecule has 0 spiro atoms. The van der Waals surface area contributed by atoms with Crippen LogP contribution in [0.15, 0.2) is 24.3 Å². The maximum absolute atomic E-state index is 6.39. The van der Waals surface area contributed by atoms with Gasteiger partial charge < -0.3 is 15.2 Å². The highest BCUT2D eigenvalue weighted by molar-refractivity contribution is 5.36. The Morgan fingerprint density at radius 3 is 2.56 bits per heavy atom. The second-order valence-electron chi connectivity index (χ2n) is 4.75. The molecule has 0 aromatic heterocycles. The van der Waals surface area contributed by atoms with E-state index in [4.69, 9.17) is 15.2 Å². The highest BCUT2D eigenvalue weighted by Crippen LogP contribution is 2.40. The fourth-order valence-electron chi connectivity index (χ4n) is 2.37. The SMILES string of the molecule is CCOc1ccccc1C(N)C(OCC)C1CC1. The molecule has 0 bridgehead atoms. The van der Waals surface area contributed by atoms with E-state index in [1.54, 1.807) is 0 Å². The van der Waals surface area contributed by atoms with Gasteiger partial charge in [0.05, 0.1) is 18.8 Å². The second kappa shape index (κ2) is 6.21. The first kappa shape index (κ1) is 13.4. The molecule has 0 aliphatic heterocycles. The molecular weight excluding hydrogens is 226 g/mol. The molecule has 2 rings (SSSR count). The van der Waals surface area contributed by atoms with Crippen molar-refractivity contribution < 1.29 is 9.47 Å². The maximum Gasteiger partial charge on any atom is 0.124 e. The topological polar surface area (TPSA) is 44.5 Å². The molecule has 2 N–H and O–H groups in total. The van der Waals surface area contributed by atoms with Crippen molar-refractivity contribution >= 4 is 0 Å². The Hall–Kier alpha value is -1.06. The van der Waals surface area contributed by atoms with Gasteiger partial charge in [-0.25, -0.2) is 0 Å². The first-order valence-electron chi connectivity index (χ1n) is 6.86. The number of hydrogen-bond donors (Lipinski definition) is 1. The lowest BCUT2D eigenvalue weighted by Crippen LogP contribution is -2.31. The van der Waals surface area contributed by atoms with Gasteiger partial charge >= 0.3 is 0 Å². The van der Waals surface area contributed by atoms with Crippen molar-refractivity contribution in [1.29, 1.82) is 0 Å². The summed E-state index contributed by atoms with van der Waals surface area (Å²) in [6, 6.07) is 7.92. The van der Waals surface area contributed by atoms with Gasteiger partial charge in [-0.3, -0.25) is 0 Å². The van der Waals surface area contributed by atoms with Gasteiger partial charge in [-0.2, -0.15) is 0 Å². The maximum atomic E-state index is 6.39. The van der Waals surface area contributed by atoms with Crippen LogP contribution < -0.4 is 10.5 Å². The molecule has 1 aromatic rings. The third kappa shape index (κ3) is 3.03. The van der Waals surface area contributed by atoms with Gasteiger partial charge in [-0.1, -0.05) is 18.2 Å². The van der Waals surface area contributed by atoms with Crippen molar-refractivity contribution in [3.8, 4) is 5.75 Å². The molecule has 2 unspecified atom stereocenters. The molecular formula is C15H23NO2. The molecule has 18 heavy (non-hydrogen) atoms. The monoisotopic (exact) mass is 249 g/mol. The van der Waals surface area contributed by atoms with Gasteiger partial charge in [0.25, 0.3) is 0 Å². The standard InChI is InChI=1S/C15H23NO2/c1-3-17-13-8-6-5-7-12(13)14(16)15(18-4-2)11-9-10-11/h5-8,11,14-15H,3-4,9-10,16H2,1-2H3. The molecule has 3 nitrogen and oxygen atoms in total. The molecule has 1 aromatic carbocycles. The van der Waals surface area contributed by atoms with Crippen LogP contribution in [-0.2, 0) is 4.74 Å². The van der Waals surface area contributed by atoms with Crippen LogP contribution in [-0.4, -0.2) is 19.3 Å². The lowest BCUT2D eigenvalue weighted by Gasteiger charge is -2.25. The van der Waals surface area contributed by atoms with Gasteiger partial charge in [-0.05, 0) is 38.7 Å². The van der Waals surface area contributed by atoms with E-state index in [1.165, 1.54) is 12.8 Å². The van der Waals surface area contributed by atoms with Crippen LogP contribution in [0.2, 0.25) is 0 Å². The van der Waals surface area contributed by atoms with Crippen LogP contribution in [0.5, 0.6) is 5.75 Å². The molecule has 0 radical (unpaired) electrons. The lowest BCUT2D eigenvalue weighted by atomic mass is 9.98. The van der Waals surface area contributed by atoms with Gasteiger partial charge in [-0.15, -0.1) is 0 Å². The average molecular weight is 249 g/mol. The third-order valence-corrected chi connectivity index (χ3v) is 3.38. The predicted octanol–water partition coefficient (Wildman–Crippen LogP) is 2.90. The Labute approximate surface area is 109 Å².